The standard InChI is InChI=1S/C27H19ClN4O2S/c1-34-20-11-12-22-18(13-20)14-21-23(15-24(33)16-7-9-19(28)10-8-16)32-27(35-26(21)29-22)30-25(31-32)17-5-3-2-4-6-17/h2-14,23H,15H2,1H3. The van der Waals surface area contributed by atoms with Crippen LogP contribution < -0.4 is 4.74 Å². The summed E-state index contributed by atoms with van der Waals surface area (Å²) in [6.45, 7) is 0. The van der Waals surface area contributed by atoms with E-state index in [0.717, 1.165) is 32.8 Å². The smallest absolute Gasteiger partial charge is 0.193 e. The Hall–Kier alpha value is -3.68. The molecule has 0 saturated carbocycles. The summed E-state index contributed by atoms with van der Waals surface area (Å²) in [7, 11) is 1.64. The summed E-state index contributed by atoms with van der Waals surface area (Å²) >= 11 is 7.50. The average Bonchev–Trinajstić information content (AvgIpc) is 3.32. The highest BCUT2D eigenvalue weighted by Gasteiger charge is 2.32. The number of carbonyl (C=O) groups is 1. The number of hydrogen-bond donors (Lipinski definition) is 0. The van der Waals surface area contributed by atoms with Crippen LogP contribution in [0, 0.1) is 0 Å². The van der Waals surface area contributed by atoms with E-state index >= 15 is 0 Å². The number of Topliss-reactive ketones (excluding diaryl/α,β-unsaturated/α-hetero) is 1. The van der Waals surface area contributed by atoms with Crippen LogP contribution in [0.25, 0.3) is 22.3 Å². The molecule has 1 aliphatic rings. The molecule has 0 bridgehead atoms. The molecule has 0 saturated heterocycles. The Kier molecular flexibility index (Phi) is 5.51. The van der Waals surface area contributed by atoms with Crippen molar-refractivity contribution in [3.63, 3.8) is 0 Å². The predicted molar refractivity (Wildman–Crippen MR) is 136 cm³/mol. The molecule has 0 radical (unpaired) electrons. The highest BCUT2D eigenvalue weighted by Crippen LogP contribution is 2.43. The van der Waals surface area contributed by atoms with E-state index in [2.05, 4.69) is 6.07 Å². The molecule has 0 aliphatic carbocycles. The van der Waals surface area contributed by atoms with E-state index in [1.807, 2.05) is 53.2 Å². The fourth-order valence-corrected chi connectivity index (χ4v) is 5.39. The number of aromatic nitrogens is 4. The van der Waals surface area contributed by atoms with Crippen LogP contribution in [-0.2, 0) is 0 Å². The summed E-state index contributed by atoms with van der Waals surface area (Å²) in [6.07, 6.45) is 0.219. The molecule has 6 rings (SSSR count). The molecular weight excluding hydrogens is 480 g/mol. The number of halogens is 1. The molecule has 6 nitrogen and oxygen atoms in total. The minimum Gasteiger partial charge on any atom is -0.497 e. The van der Waals surface area contributed by atoms with Gasteiger partial charge in [-0.2, -0.15) is 0 Å². The highest BCUT2D eigenvalue weighted by atomic mass is 35.5. The van der Waals surface area contributed by atoms with Gasteiger partial charge in [0.15, 0.2) is 16.8 Å². The van der Waals surface area contributed by atoms with Crippen LogP contribution in [0.5, 0.6) is 5.75 Å². The fourth-order valence-electron chi connectivity index (χ4n) is 4.24. The second kappa shape index (κ2) is 8.83. The molecule has 1 aliphatic heterocycles. The van der Waals surface area contributed by atoms with Crippen molar-refractivity contribution in [2.24, 2.45) is 0 Å². The van der Waals surface area contributed by atoms with E-state index < -0.39 is 0 Å². The first-order chi connectivity index (χ1) is 17.1. The summed E-state index contributed by atoms with van der Waals surface area (Å²) in [5.41, 5.74) is 3.32. The molecule has 8 heteroatoms. The van der Waals surface area contributed by atoms with Crippen molar-refractivity contribution in [3.8, 4) is 17.1 Å². The number of hydrogen-bond acceptors (Lipinski definition) is 6. The maximum absolute atomic E-state index is 13.3. The van der Waals surface area contributed by atoms with Gasteiger partial charge in [-0.15, -0.1) is 5.10 Å². The Morgan fingerprint density at radius 3 is 2.60 bits per heavy atom. The monoisotopic (exact) mass is 498 g/mol. The number of ketones is 1. The Labute approximate surface area is 210 Å². The zero-order chi connectivity index (χ0) is 23.9. The van der Waals surface area contributed by atoms with Crippen molar-refractivity contribution in [2.45, 2.75) is 22.6 Å². The highest BCUT2D eigenvalue weighted by molar-refractivity contribution is 7.99. The minimum atomic E-state index is -0.350. The number of pyridine rings is 1. The minimum absolute atomic E-state index is 0.00188. The van der Waals surface area contributed by atoms with Gasteiger partial charge in [-0.1, -0.05) is 41.9 Å². The van der Waals surface area contributed by atoms with Crippen molar-refractivity contribution in [1.82, 2.24) is 19.7 Å². The molecular formula is C27H19ClN4O2S. The van der Waals surface area contributed by atoms with Crippen molar-refractivity contribution < 1.29 is 9.53 Å². The first-order valence-electron chi connectivity index (χ1n) is 11.1. The molecule has 1 unspecified atom stereocenters. The third-order valence-electron chi connectivity index (χ3n) is 6.03. The molecule has 172 valence electrons. The van der Waals surface area contributed by atoms with Gasteiger partial charge < -0.3 is 4.74 Å². The fraction of sp³-hybridized carbons (Fsp3) is 0.111. The number of fused-ring (bicyclic) bond motifs is 3. The van der Waals surface area contributed by atoms with Gasteiger partial charge in [-0.05, 0) is 60.3 Å². The molecule has 3 aromatic carbocycles. The summed E-state index contributed by atoms with van der Waals surface area (Å²) in [5, 5.41) is 7.92. The molecule has 2 aromatic heterocycles. The van der Waals surface area contributed by atoms with E-state index in [4.69, 9.17) is 31.4 Å². The zero-order valence-electron chi connectivity index (χ0n) is 18.7. The zero-order valence-corrected chi connectivity index (χ0v) is 20.3. The van der Waals surface area contributed by atoms with Crippen LogP contribution in [-0.4, -0.2) is 32.6 Å². The molecule has 0 N–H and O–H groups in total. The van der Waals surface area contributed by atoms with Crippen LogP contribution in [0.4, 0.5) is 0 Å². The van der Waals surface area contributed by atoms with Gasteiger partial charge >= 0.3 is 0 Å². The van der Waals surface area contributed by atoms with Gasteiger partial charge in [0.05, 0.1) is 18.7 Å². The van der Waals surface area contributed by atoms with Crippen molar-refractivity contribution in [2.75, 3.05) is 7.11 Å². The Bertz CT molecular complexity index is 1570. The summed E-state index contributed by atoms with van der Waals surface area (Å²) < 4.78 is 7.27. The largest absolute Gasteiger partial charge is 0.497 e. The molecule has 0 fully saturated rings. The molecule has 1 atom stereocenters. The molecule has 35 heavy (non-hydrogen) atoms. The van der Waals surface area contributed by atoms with Gasteiger partial charge in [0.1, 0.15) is 10.8 Å². The van der Waals surface area contributed by atoms with Gasteiger partial charge in [-0.25, -0.2) is 14.6 Å². The van der Waals surface area contributed by atoms with Gasteiger partial charge in [0.25, 0.3) is 0 Å². The van der Waals surface area contributed by atoms with E-state index in [1.165, 1.54) is 11.8 Å². The van der Waals surface area contributed by atoms with E-state index in [9.17, 15) is 4.79 Å². The third kappa shape index (κ3) is 4.07. The summed E-state index contributed by atoms with van der Waals surface area (Å²) in [4.78, 5) is 23.0. The number of carbonyl (C=O) groups excluding carboxylic acids is 1. The van der Waals surface area contributed by atoms with E-state index in [-0.39, 0.29) is 18.2 Å². The number of ether oxygens (including phenoxy) is 1. The van der Waals surface area contributed by atoms with Crippen molar-refractivity contribution in [3.05, 3.63) is 95.0 Å². The third-order valence-corrected chi connectivity index (χ3v) is 7.27. The lowest BCUT2D eigenvalue weighted by Crippen LogP contribution is -2.21. The number of benzene rings is 3. The number of rotatable bonds is 5. The normalized spacial score (nSPS) is 14.4. The first kappa shape index (κ1) is 21.8. The SMILES string of the molecule is COc1ccc2nc3c(cc2c1)C(CC(=O)c1ccc(Cl)cc1)n1nc(-c2ccccc2)nc1S3. The summed E-state index contributed by atoms with van der Waals surface area (Å²) in [6, 6.07) is 24.3. The van der Waals surface area contributed by atoms with Gasteiger partial charge in [-0.3, -0.25) is 4.79 Å². The van der Waals surface area contributed by atoms with E-state index in [0.29, 0.717) is 21.6 Å². The van der Waals surface area contributed by atoms with Gasteiger partial charge in [0, 0.05) is 33.5 Å². The maximum atomic E-state index is 13.3. The summed E-state index contributed by atoms with van der Waals surface area (Å²) in [5.74, 6) is 1.37. The lowest BCUT2D eigenvalue weighted by atomic mass is 9.98. The topological polar surface area (TPSA) is 69.9 Å². The predicted octanol–water partition coefficient (Wildman–Crippen LogP) is 6.48. The number of nitrogens with zero attached hydrogens (tertiary/aromatic N) is 4. The second-order valence-electron chi connectivity index (χ2n) is 8.22. The van der Waals surface area contributed by atoms with Gasteiger partial charge in [0.2, 0.25) is 0 Å². The first-order valence-corrected chi connectivity index (χ1v) is 12.3. The second-order valence-corrected chi connectivity index (χ2v) is 9.61. The van der Waals surface area contributed by atoms with Crippen LogP contribution in [0.15, 0.2) is 89.0 Å². The molecule has 0 amide bonds. The Morgan fingerprint density at radius 1 is 1.03 bits per heavy atom. The quantitative estimate of drug-likeness (QED) is 0.258. The van der Waals surface area contributed by atoms with Crippen LogP contribution in [0.2, 0.25) is 5.02 Å². The lowest BCUT2D eigenvalue weighted by molar-refractivity contribution is 0.0964. The van der Waals surface area contributed by atoms with Crippen LogP contribution in [0.1, 0.15) is 28.4 Å². The molecule has 5 aromatic rings. The Morgan fingerprint density at radius 2 is 1.83 bits per heavy atom. The van der Waals surface area contributed by atoms with Crippen molar-refractivity contribution >= 4 is 40.0 Å². The maximum Gasteiger partial charge on any atom is 0.193 e. The average molecular weight is 499 g/mol. The lowest BCUT2D eigenvalue weighted by Gasteiger charge is -2.25. The van der Waals surface area contributed by atoms with Crippen LogP contribution >= 0.6 is 23.4 Å². The molecule has 0 spiro atoms. The molecule has 3 heterocycles. The van der Waals surface area contributed by atoms with Crippen molar-refractivity contribution in [1.29, 1.82) is 0 Å². The van der Waals surface area contributed by atoms with Crippen LogP contribution in [0.3, 0.4) is 0 Å². The Balaban J connectivity index is 1.48. The van der Waals surface area contributed by atoms with E-state index in [1.54, 1.807) is 31.4 Å². The number of methoxy groups -OCH3 is 1.